The largest absolute Gasteiger partial charge is 0.294 e. The van der Waals surface area contributed by atoms with Gasteiger partial charge in [0.1, 0.15) is 0 Å². The molecule has 16 heavy (non-hydrogen) atoms. The molecule has 1 saturated heterocycles. The van der Waals surface area contributed by atoms with E-state index in [0.29, 0.717) is 0 Å². The Kier molecular flexibility index (Phi) is 3.65. The first-order valence-electron chi connectivity index (χ1n) is 6.48. The van der Waals surface area contributed by atoms with Crippen LogP contribution >= 0.6 is 0 Å². The molecule has 1 heterocycles. The molecule has 2 atom stereocenters. The molecule has 1 nitrogen and oxygen atoms in total. The zero-order chi connectivity index (χ0) is 11.5. The fraction of sp³-hybridized carbons (Fsp3) is 0.600. The van der Waals surface area contributed by atoms with Crippen molar-refractivity contribution in [3.63, 3.8) is 0 Å². The SMILES string of the molecule is Cc1ccc(CN2C(C)CCCC2C)cc1. The van der Waals surface area contributed by atoms with Gasteiger partial charge in [-0.15, -0.1) is 0 Å². The van der Waals surface area contributed by atoms with E-state index in [1.54, 1.807) is 0 Å². The van der Waals surface area contributed by atoms with Gasteiger partial charge in [0.2, 0.25) is 0 Å². The monoisotopic (exact) mass is 217 g/mol. The molecule has 1 fully saturated rings. The van der Waals surface area contributed by atoms with Gasteiger partial charge in [-0.25, -0.2) is 0 Å². The van der Waals surface area contributed by atoms with Gasteiger partial charge in [-0.05, 0) is 39.2 Å². The van der Waals surface area contributed by atoms with Crippen LogP contribution in [-0.4, -0.2) is 17.0 Å². The first-order chi connectivity index (χ1) is 7.66. The fourth-order valence-electron chi connectivity index (χ4n) is 2.69. The van der Waals surface area contributed by atoms with Crippen LogP contribution in [0.3, 0.4) is 0 Å². The lowest BCUT2D eigenvalue weighted by Gasteiger charge is -2.39. The summed E-state index contributed by atoms with van der Waals surface area (Å²) in [7, 11) is 0. The minimum atomic E-state index is 0.741. The maximum atomic E-state index is 2.65. The zero-order valence-electron chi connectivity index (χ0n) is 10.7. The number of benzene rings is 1. The van der Waals surface area contributed by atoms with E-state index < -0.39 is 0 Å². The summed E-state index contributed by atoms with van der Waals surface area (Å²) in [5.74, 6) is 0. The molecule has 0 bridgehead atoms. The Balaban J connectivity index is 2.04. The molecule has 0 N–H and O–H groups in total. The summed E-state index contributed by atoms with van der Waals surface area (Å²) >= 11 is 0. The lowest BCUT2D eigenvalue weighted by Crippen LogP contribution is -2.42. The highest BCUT2D eigenvalue weighted by Gasteiger charge is 2.24. The Bertz CT molecular complexity index is 318. The number of nitrogens with zero attached hydrogens (tertiary/aromatic N) is 1. The van der Waals surface area contributed by atoms with Crippen molar-refractivity contribution in [2.24, 2.45) is 0 Å². The molecule has 0 aliphatic carbocycles. The Hall–Kier alpha value is -0.820. The van der Waals surface area contributed by atoms with E-state index in [0.717, 1.165) is 18.6 Å². The quantitative estimate of drug-likeness (QED) is 0.729. The average Bonchev–Trinajstić information content (AvgIpc) is 2.26. The van der Waals surface area contributed by atoms with Crippen molar-refractivity contribution in [3.05, 3.63) is 35.4 Å². The average molecular weight is 217 g/mol. The summed E-state index contributed by atoms with van der Waals surface area (Å²) in [6, 6.07) is 10.4. The van der Waals surface area contributed by atoms with Crippen molar-refractivity contribution in [2.45, 2.75) is 58.7 Å². The molecule has 2 unspecified atom stereocenters. The van der Waals surface area contributed by atoms with Gasteiger partial charge in [-0.3, -0.25) is 4.90 Å². The van der Waals surface area contributed by atoms with Crippen LogP contribution in [0.15, 0.2) is 24.3 Å². The molecule has 88 valence electrons. The van der Waals surface area contributed by atoms with Crippen molar-refractivity contribution in [2.75, 3.05) is 0 Å². The van der Waals surface area contributed by atoms with Gasteiger partial charge in [0.05, 0.1) is 0 Å². The second-order valence-electron chi connectivity index (χ2n) is 5.29. The molecule has 0 aromatic heterocycles. The Morgan fingerprint density at radius 3 is 2.19 bits per heavy atom. The number of hydrogen-bond donors (Lipinski definition) is 0. The summed E-state index contributed by atoms with van der Waals surface area (Å²) < 4.78 is 0. The van der Waals surface area contributed by atoms with Crippen LogP contribution in [0.4, 0.5) is 0 Å². The Morgan fingerprint density at radius 2 is 1.62 bits per heavy atom. The molecule has 1 aliphatic rings. The minimum Gasteiger partial charge on any atom is -0.294 e. The van der Waals surface area contributed by atoms with Crippen molar-refractivity contribution < 1.29 is 0 Å². The van der Waals surface area contributed by atoms with Gasteiger partial charge in [0, 0.05) is 18.6 Å². The normalized spacial score (nSPS) is 26.9. The maximum absolute atomic E-state index is 2.65. The van der Waals surface area contributed by atoms with Gasteiger partial charge < -0.3 is 0 Å². The summed E-state index contributed by atoms with van der Waals surface area (Å²) in [5, 5.41) is 0. The van der Waals surface area contributed by atoms with Gasteiger partial charge in [-0.2, -0.15) is 0 Å². The topological polar surface area (TPSA) is 3.24 Å². The third kappa shape index (κ3) is 2.65. The van der Waals surface area contributed by atoms with Gasteiger partial charge in [0.15, 0.2) is 0 Å². The number of aryl methyl sites for hydroxylation is 1. The standard InChI is InChI=1S/C15H23N/c1-12-7-9-15(10-8-12)11-16-13(2)5-4-6-14(16)3/h7-10,13-14H,4-6,11H2,1-3H3. The molecular weight excluding hydrogens is 194 g/mol. The van der Waals surface area contributed by atoms with E-state index in [4.69, 9.17) is 0 Å². The van der Waals surface area contributed by atoms with Gasteiger partial charge >= 0.3 is 0 Å². The highest BCUT2D eigenvalue weighted by molar-refractivity contribution is 5.21. The third-order valence-electron chi connectivity index (χ3n) is 3.86. The minimum absolute atomic E-state index is 0.741. The molecule has 0 saturated carbocycles. The van der Waals surface area contributed by atoms with Crippen LogP contribution in [0.25, 0.3) is 0 Å². The van der Waals surface area contributed by atoms with E-state index >= 15 is 0 Å². The van der Waals surface area contributed by atoms with Crippen LogP contribution in [0.5, 0.6) is 0 Å². The van der Waals surface area contributed by atoms with Crippen molar-refractivity contribution in [3.8, 4) is 0 Å². The molecule has 0 amide bonds. The molecule has 1 heteroatoms. The predicted octanol–water partition coefficient (Wildman–Crippen LogP) is 3.76. The van der Waals surface area contributed by atoms with Crippen LogP contribution in [0.2, 0.25) is 0 Å². The molecule has 2 rings (SSSR count). The van der Waals surface area contributed by atoms with Crippen LogP contribution in [0, 0.1) is 6.92 Å². The number of hydrogen-bond acceptors (Lipinski definition) is 1. The lowest BCUT2D eigenvalue weighted by molar-refractivity contribution is 0.0953. The first kappa shape index (κ1) is 11.7. The maximum Gasteiger partial charge on any atom is 0.0239 e. The van der Waals surface area contributed by atoms with Crippen molar-refractivity contribution in [1.82, 2.24) is 4.90 Å². The van der Waals surface area contributed by atoms with Gasteiger partial charge in [-0.1, -0.05) is 36.2 Å². The van der Waals surface area contributed by atoms with E-state index in [1.165, 1.54) is 30.4 Å². The van der Waals surface area contributed by atoms with Crippen LogP contribution in [-0.2, 0) is 6.54 Å². The number of likely N-dealkylation sites (tertiary alicyclic amines) is 1. The van der Waals surface area contributed by atoms with Gasteiger partial charge in [0.25, 0.3) is 0 Å². The second kappa shape index (κ2) is 5.01. The molecule has 1 aromatic rings. The van der Waals surface area contributed by atoms with Crippen LogP contribution < -0.4 is 0 Å². The molecule has 0 spiro atoms. The summed E-state index contributed by atoms with van der Waals surface area (Å²) in [6.45, 7) is 7.99. The lowest BCUT2D eigenvalue weighted by atomic mass is 9.96. The first-order valence-corrected chi connectivity index (χ1v) is 6.48. The Morgan fingerprint density at radius 1 is 1.06 bits per heavy atom. The Labute approximate surface area is 99.5 Å². The fourth-order valence-corrected chi connectivity index (χ4v) is 2.69. The number of rotatable bonds is 2. The van der Waals surface area contributed by atoms with E-state index in [1.807, 2.05) is 0 Å². The second-order valence-corrected chi connectivity index (χ2v) is 5.29. The molecule has 1 aromatic carbocycles. The molecule has 0 radical (unpaired) electrons. The predicted molar refractivity (Wildman–Crippen MR) is 69.5 cm³/mol. The van der Waals surface area contributed by atoms with Crippen LogP contribution in [0.1, 0.15) is 44.2 Å². The zero-order valence-corrected chi connectivity index (χ0v) is 10.7. The summed E-state index contributed by atoms with van der Waals surface area (Å²) in [4.78, 5) is 2.65. The summed E-state index contributed by atoms with van der Waals surface area (Å²) in [5.41, 5.74) is 2.80. The van der Waals surface area contributed by atoms with E-state index in [2.05, 4.69) is 49.9 Å². The van der Waals surface area contributed by atoms with E-state index in [-0.39, 0.29) is 0 Å². The van der Waals surface area contributed by atoms with Crippen molar-refractivity contribution >= 4 is 0 Å². The summed E-state index contributed by atoms with van der Waals surface area (Å²) in [6.07, 6.45) is 4.11. The number of piperidine rings is 1. The highest BCUT2D eigenvalue weighted by Crippen LogP contribution is 2.24. The third-order valence-corrected chi connectivity index (χ3v) is 3.86. The van der Waals surface area contributed by atoms with Crippen molar-refractivity contribution in [1.29, 1.82) is 0 Å². The highest BCUT2D eigenvalue weighted by atomic mass is 15.2. The smallest absolute Gasteiger partial charge is 0.0239 e. The molecular formula is C15H23N. The molecule has 1 aliphatic heterocycles. The van der Waals surface area contributed by atoms with E-state index in [9.17, 15) is 0 Å².